The first-order chi connectivity index (χ1) is 6.50. The lowest BCUT2D eigenvalue weighted by atomic mass is 10.0. The minimum Gasteiger partial charge on any atom is -0.374 e. The Morgan fingerprint density at radius 1 is 1.29 bits per heavy atom. The van der Waals surface area contributed by atoms with Crippen molar-refractivity contribution in [1.82, 2.24) is 0 Å². The lowest BCUT2D eigenvalue weighted by Crippen LogP contribution is -2.07. The molecule has 3 heteroatoms. The van der Waals surface area contributed by atoms with Gasteiger partial charge in [0.15, 0.2) is 0 Å². The van der Waals surface area contributed by atoms with Crippen LogP contribution in [0.2, 0.25) is 0 Å². The molecular weight excluding hydrogens is 197 g/mol. The first kappa shape index (κ1) is 11.4. The van der Waals surface area contributed by atoms with E-state index in [1.165, 1.54) is 6.07 Å². The Bertz CT molecular complexity index is 310. The lowest BCUT2D eigenvalue weighted by Gasteiger charge is -2.12. The van der Waals surface area contributed by atoms with Crippen molar-refractivity contribution in [3.8, 4) is 0 Å². The molecule has 0 saturated carbocycles. The van der Waals surface area contributed by atoms with Gasteiger partial charge in [-0.2, -0.15) is 12.6 Å². The van der Waals surface area contributed by atoms with Gasteiger partial charge in [0.05, 0.1) is 5.37 Å². The Morgan fingerprint density at radius 3 is 2.36 bits per heavy atom. The minimum atomic E-state index is -0.154. The van der Waals surface area contributed by atoms with Crippen LogP contribution in [0.3, 0.4) is 0 Å². The third-order valence-corrected chi connectivity index (χ3v) is 2.13. The monoisotopic (exact) mass is 213 g/mol. The van der Waals surface area contributed by atoms with Gasteiger partial charge in [0.2, 0.25) is 0 Å². The molecule has 0 heterocycles. The van der Waals surface area contributed by atoms with Crippen LogP contribution in [-0.4, -0.2) is 5.37 Å². The maximum Gasteiger partial charge on any atom is 0.128 e. The zero-order valence-corrected chi connectivity index (χ0v) is 9.61. The van der Waals surface area contributed by atoms with Crippen LogP contribution < -0.4 is 5.32 Å². The van der Waals surface area contributed by atoms with Gasteiger partial charge in [0, 0.05) is 5.69 Å². The van der Waals surface area contributed by atoms with Crippen molar-refractivity contribution >= 4 is 18.3 Å². The molecule has 0 saturated heterocycles. The fourth-order valence-corrected chi connectivity index (χ4v) is 1.48. The molecule has 0 radical (unpaired) electrons. The van der Waals surface area contributed by atoms with E-state index >= 15 is 0 Å². The largest absolute Gasteiger partial charge is 0.374 e. The Kier molecular flexibility index (Phi) is 3.81. The van der Waals surface area contributed by atoms with Crippen molar-refractivity contribution in [2.75, 3.05) is 5.32 Å². The molecule has 78 valence electrons. The molecule has 0 aromatic heterocycles. The first-order valence-corrected chi connectivity index (χ1v) is 5.26. The predicted molar refractivity (Wildman–Crippen MR) is 62.6 cm³/mol. The number of hydrogen-bond acceptors (Lipinski definition) is 2. The van der Waals surface area contributed by atoms with E-state index in [-0.39, 0.29) is 17.1 Å². The zero-order valence-electron chi connectivity index (χ0n) is 8.71. The Labute approximate surface area is 90.1 Å². The van der Waals surface area contributed by atoms with Gasteiger partial charge in [-0.25, -0.2) is 4.39 Å². The fourth-order valence-electron chi connectivity index (χ4n) is 1.33. The Balaban J connectivity index is 2.89. The highest BCUT2D eigenvalue weighted by Crippen LogP contribution is 2.22. The van der Waals surface area contributed by atoms with Crippen molar-refractivity contribution in [3.05, 3.63) is 29.6 Å². The summed E-state index contributed by atoms with van der Waals surface area (Å²) in [4.78, 5) is 0. The van der Waals surface area contributed by atoms with Gasteiger partial charge < -0.3 is 5.32 Å². The van der Waals surface area contributed by atoms with Crippen LogP contribution in [0, 0.1) is 5.82 Å². The number of thiol groups is 1. The molecule has 0 aliphatic heterocycles. The number of nitrogens with one attached hydrogen (secondary N) is 1. The maximum absolute atomic E-state index is 13.5. The molecule has 14 heavy (non-hydrogen) atoms. The van der Waals surface area contributed by atoms with E-state index in [1.54, 1.807) is 0 Å². The van der Waals surface area contributed by atoms with E-state index in [0.717, 1.165) is 11.3 Å². The Morgan fingerprint density at radius 2 is 1.93 bits per heavy atom. The predicted octanol–water partition coefficient (Wildman–Crippen LogP) is 3.64. The molecular formula is C11H16FNS. The number of benzene rings is 1. The van der Waals surface area contributed by atoms with Crippen molar-refractivity contribution < 1.29 is 4.39 Å². The second kappa shape index (κ2) is 4.69. The molecule has 1 aromatic carbocycles. The highest BCUT2D eigenvalue weighted by Gasteiger charge is 2.07. The summed E-state index contributed by atoms with van der Waals surface area (Å²) in [5, 5.41) is 3.06. The van der Waals surface area contributed by atoms with Gasteiger partial charge in [-0.3, -0.25) is 0 Å². The van der Waals surface area contributed by atoms with Gasteiger partial charge in [-0.05, 0) is 30.5 Å². The molecule has 0 spiro atoms. The first-order valence-electron chi connectivity index (χ1n) is 4.74. The number of anilines is 1. The summed E-state index contributed by atoms with van der Waals surface area (Å²) in [6.45, 7) is 5.86. The summed E-state index contributed by atoms with van der Waals surface area (Å²) in [5.41, 5.74) is 1.52. The molecule has 0 amide bonds. The average molecular weight is 213 g/mol. The standard InChI is InChI=1S/C11H16FNS/c1-7(2)10-5-4-9(6-11(10)12)13-8(3)14/h4-8,13-14H,1-3H3. The van der Waals surface area contributed by atoms with Gasteiger partial charge in [-0.1, -0.05) is 19.9 Å². The molecule has 1 rings (SSSR count). The lowest BCUT2D eigenvalue weighted by molar-refractivity contribution is 0.599. The van der Waals surface area contributed by atoms with Gasteiger partial charge >= 0.3 is 0 Å². The van der Waals surface area contributed by atoms with E-state index in [4.69, 9.17) is 0 Å². The van der Waals surface area contributed by atoms with Gasteiger partial charge in [0.25, 0.3) is 0 Å². The molecule has 0 aliphatic carbocycles. The van der Waals surface area contributed by atoms with Crippen molar-refractivity contribution in [2.24, 2.45) is 0 Å². The van der Waals surface area contributed by atoms with E-state index < -0.39 is 0 Å². The molecule has 1 atom stereocenters. The van der Waals surface area contributed by atoms with Gasteiger partial charge in [-0.15, -0.1) is 0 Å². The summed E-state index contributed by atoms with van der Waals surface area (Å²) < 4.78 is 13.5. The van der Waals surface area contributed by atoms with Crippen molar-refractivity contribution in [1.29, 1.82) is 0 Å². The molecule has 0 bridgehead atoms. The number of hydrogen-bond donors (Lipinski definition) is 2. The van der Waals surface area contributed by atoms with Crippen LogP contribution in [0.25, 0.3) is 0 Å². The fraction of sp³-hybridized carbons (Fsp3) is 0.455. The summed E-state index contributed by atoms with van der Waals surface area (Å²) in [5.74, 6) is 0.0662. The minimum absolute atomic E-state index is 0.0271. The normalized spacial score (nSPS) is 13.0. The average Bonchev–Trinajstić information content (AvgIpc) is 2.01. The quantitative estimate of drug-likeness (QED) is 0.577. The Hall–Kier alpha value is -0.700. The topological polar surface area (TPSA) is 12.0 Å². The van der Waals surface area contributed by atoms with E-state index in [9.17, 15) is 4.39 Å². The third-order valence-electron chi connectivity index (χ3n) is 2.00. The number of rotatable bonds is 3. The summed E-state index contributed by atoms with van der Waals surface area (Å²) in [7, 11) is 0. The van der Waals surface area contributed by atoms with Crippen LogP contribution in [0.5, 0.6) is 0 Å². The van der Waals surface area contributed by atoms with Crippen LogP contribution in [-0.2, 0) is 0 Å². The smallest absolute Gasteiger partial charge is 0.128 e. The highest BCUT2D eigenvalue weighted by atomic mass is 32.1. The van der Waals surface area contributed by atoms with E-state index in [2.05, 4.69) is 17.9 Å². The second-order valence-electron chi connectivity index (χ2n) is 3.71. The molecule has 1 N–H and O–H groups in total. The maximum atomic E-state index is 13.5. The summed E-state index contributed by atoms with van der Waals surface area (Å²) in [6, 6.07) is 5.21. The molecule has 1 unspecified atom stereocenters. The van der Waals surface area contributed by atoms with Crippen molar-refractivity contribution in [2.45, 2.75) is 32.1 Å². The van der Waals surface area contributed by atoms with Crippen molar-refractivity contribution in [3.63, 3.8) is 0 Å². The van der Waals surface area contributed by atoms with Crippen LogP contribution >= 0.6 is 12.6 Å². The molecule has 1 aromatic rings. The summed E-state index contributed by atoms with van der Waals surface area (Å²) in [6.07, 6.45) is 0. The van der Waals surface area contributed by atoms with Crippen LogP contribution in [0.1, 0.15) is 32.3 Å². The zero-order chi connectivity index (χ0) is 10.7. The molecule has 0 aliphatic rings. The van der Waals surface area contributed by atoms with E-state index in [0.29, 0.717) is 0 Å². The second-order valence-corrected chi connectivity index (χ2v) is 4.49. The summed E-state index contributed by atoms with van der Waals surface area (Å²) >= 11 is 4.18. The highest BCUT2D eigenvalue weighted by molar-refractivity contribution is 7.81. The van der Waals surface area contributed by atoms with Gasteiger partial charge in [0.1, 0.15) is 5.82 Å². The van der Waals surface area contributed by atoms with Crippen LogP contribution in [0.15, 0.2) is 18.2 Å². The molecule has 0 fully saturated rings. The third kappa shape index (κ3) is 2.91. The number of halogens is 1. The molecule has 1 nitrogen and oxygen atoms in total. The SMILES string of the molecule is CC(S)Nc1ccc(C(C)C)c(F)c1. The van der Waals surface area contributed by atoms with Crippen LogP contribution in [0.4, 0.5) is 10.1 Å². The van der Waals surface area contributed by atoms with E-state index in [1.807, 2.05) is 32.9 Å².